The Morgan fingerprint density at radius 3 is 2.92 bits per heavy atom. The summed E-state index contributed by atoms with van der Waals surface area (Å²) in [6.45, 7) is 1.86. The van der Waals surface area contributed by atoms with Crippen LogP contribution in [0, 0.1) is 0 Å². The van der Waals surface area contributed by atoms with Crippen LogP contribution in [0.2, 0.25) is 0 Å². The molecule has 2 N–H and O–H groups in total. The van der Waals surface area contributed by atoms with Gasteiger partial charge in [-0.3, -0.25) is 14.5 Å². The lowest BCUT2D eigenvalue weighted by Gasteiger charge is -2.33. The van der Waals surface area contributed by atoms with Crippen LogP contribution in [0.25, 0.3) is 0 Å². The van der Waals surface area contributed by atoms with Crippen LogP contribution in [-0.2, 0) is 16.8 Å². The van der Waals surface area contributed by atoms with E-state index < -0.39 is 5.54 Å². The Hall–Kier alpha value is -2.96. The van der Waals surface area contributed by atoms with Gasteiger partial charge in [-0.25, -0.2) is 9.98 Å². The smallest absolute Gasteiger partial charge is 0.231 e. The minimum atomic E-state index is -0.735. The van der Waals surface area contributed by atoms with E-state index in [9.17, 15) is 9.59 Å². The number of nitrogens with zero attached hydrogens (tertiary/aromatic N) is 3. The first kappa shape index (κ1) is 15.9. The quantitative estimate of drug-likeness (QED) is 0.858. The zero-order chi connectivity index (χ0) is 17.3. The van der Waals surface area contributed by atoms with E-state index in [1.807, 2.05) is 31.2 Å². The number of aromatic nitrogens is 1. The summed E-state index contributed by atoms with van der Waals surface area (Å²) in [5, 5.41) is 0. The van der Waals surface area contributed by atoms with E-state index in [0.717, 1.165) is 11.1 Å². The van der Waals surface area contributed by atoms with Crippen molar-refractivity contribution in [3.8, 4) is 0 Å². The molecule has 0 bridgehead atoms. The SMILES string of the molecule is CN1C(=O)CC(C)(c2cccc(CC(=O)c3cocn3)c2)N=C1N. The van der Waals surface area contributed by atoms with Gasteiger partial charge in [-0.2, -0.15) is 0 Å². The van der Waals surface area contributed by atoms with Crippen molar-refractivity contribution >= 4 is 17.6 Å². The maximum Gasteiger partial charge on any atom is 0.231 e. The summed E-state index contributed by atoms with van der Waals surface area (Å²) in [6, 6.07) is 7.47. The molecule has 1 aliphatic rings. The number of hydrogen-bond acceptors (Lipinski definition) is 6. The summed E-state index contributed by atoms with van der Waals surface area (Å²) >= 11 is 0. The van der Waals surface area contributed by atoms with E-state index in [2.05, 4.69) is 9.98 Å². The van der Waals surface area contributed by atoms with Gasteiger partial charge in [0, 0.05) is 13.5 Å². The monoisotopic (exact) mass is 326 g/mol. The molecule has 2 aromatic rings. The topological polar surface area (TPSA) is 102 Å². The van der Waals surface area contributed by atoms with E-state index in [1.165, 1.54) is 17.6 Å². The standard InChI is InChI=1S/C17H18N4O3/c1-17(8-15(23)21(2)16(18)20-17)12-5-3-4-11(6-12)7-14(22)13-9-24-10-19-13/h3-6,9-10H,7-8H2,1-2H3,(H2,18,20). The van der Waals surface area contributed by atoms with Gasteiger partial charge in [0.15, 0.2) is 18.1 Å². The fourth-order valence-corrected chi connectivity index (χ4v) is 2.72. The molecule has 24 heavy (non-hydrogen) atoms. The second kappa shape index (κ2) is 5.92. The molecule has 1 aromatic carbocycles. The Morgan fingerprint density at radius 2 is 2.25 bits per heavy atom. The van der Waals surface area contributed by atoms with Crippen molar-refractivity contribution in [2.75, 3.05) is 7.05 Å². The number of amides is 1. The van der Waals surface area contributed by atoms with Crippen molar-refractivity contribution < 1.29 is 14.0 Å². The summed E-state index contributed by atoms with van der Waals surface area (Å²) in [4.78, 5) is 33.9. The minimum absolute atomic E-state index is 0.0888. The molecule has 1 aromatic heterocycles. The van der Waals surface area contributed by atoms with E-state index >= 15 is 0 Å². The number of Topliss-reactive ketones (excluding diaryl/α,β-unsaturated/α-hetero) is 1. The van der Waals surface area contributed by atoms with Crippen LogP contribution < -0.4 is 5.73 Å². The number of nitrogens with two attached hydrogens (primary N) is 1. The molecule has 0 radical (unpaired) electrons. The number of benzene rings is 1. The number of carbonyl (C=O) groups is 2. The van der Waals surface area contributed by atoms with Gasteiger partial charge in [0.2, 0.25) is 5.91 Å². The third kappa shape index (κ3) is 2.92. The maximum atomic E-state index is 12.2. The van der Waals surface area contributed by atoms with Gasteiger partial charge >= 0.3 is 0 Å². The van der Waals surface area contributed by atoms with Gasteiger partial charge in [-0.05, 0) is 18.1 Å². The highest BCUT2D eigenvalue weighted by Gasteiger charge is 2.36. The van der Waals surface area contributed by atoms with Crippen LogP contribution in [0.4, 0.5) is 0 Å². The number of hydrogen-bond donors (Lipinski definition) is 1. The molecule has 0 spiro atoms. The normalized spacial score (nSPS) is 20.8. The maximum absolute atomic E-state index is 12.2. The second-order valence-electron chi connectivity index (χ2n) is 6.05. The molecule has 0 saturated carbocycles. The number of guanidine groups is 1. The van der Waals surface area contributed by atoms with E-state index in [0.29, 0.717) is 5.69 Å². The highest BCUT2D eigenvalue weighted by atomic mass is 16.3. The molecule has 124 valence electrons. The van der Waals surface area contributed by atoms with E-state index in [-0.39, 0.29) is 30.5 Å². The zero-order valence-electron chi connectivity index (χ0n) is 13.5. The molecule has 0 aliphatic carbocycles. The lowest BCUT2D eigenvalue weighted by Crippen LogP contribution is -2.47. The molecule has 0 saturated heterocycles. The summed E-state index contributed by atoms with van der Waals surface area (Å²) in [5.41, 5.74) is 7.07. The summed E-state index contributed by atoms with van der Waals surface area (Å²) < 4.78 is 4.84. The summed E-state index contributed by atoms with van der Waals surface area (Å²) in [7, 11) is 1.60. The Bertz CT molecular complexity index is 813. The predicted molar refractivity (Wildman–Crippen MR) is 87.3 cm³/mol. The fraction of sp³-hybridized carbons (Fsp3) is 0.294. The third-order valence-corrected chi connectivity index (χ3v) is 4.21. The molecule has 1 unspecified atom stereocenters. The number of rotatable bonds is 4. The average Bonchev–Trinajstić information content (AvgIpc) is 3.07. The number of oxazole rings is 1. The summed E-state index contributed by atoms with van der Waals surface area (Å²) in [5.74, 6) is -0.0274. The molecule has 3 rings (SSSR count). The molecule has 1 aliphatic heterocycles. The van der Waals surface area contributed by atoms with Gasteiger partial charge in [0.25, 0.3) is 0 Å². The Morgan fingerprint density at radius 1 is 1.46 bits per heavy atom. The van der Waals surface area contributed by atoms with Gasteiger partial charge in [0.1, 0.15) is 12.0 Å². The Kier molecular flexibility index (Phi) is 3.92. The van der Waals surface area contributed by atoms with Crippen LogP contribution in [0.15, 0.2) is 46.3 Å². The molecular formula is C17H18N4O3. The van der Waals surface area contributed by atoms with Crippen molar-refractivity contribution in [3.05, 3.63) is 53.7 Å². The summed E-state index contributed by atoms with van der Waals surface area (Å²) in [6.07, 6.45) is 2.98. The first-order chi connectivity index (χ1) is 11.4. The van der Waals surface area contributed by atoms with Crippen molar-refractivity contribution in [1.29, 1.82) is 0 Å². The predicted octanol–water partition coefficient (Wildman–Crippen LogP) is 1.49. The van der Waals surface area contributed by atoms with Gasteiger partial charge < -0.3 is 10.2 Å². The first-order valence-electron chi connectivity index (χ1n) is 7.52. The van der Waals surface area contributed by atoms with Crippen LogP contribution >= 0.6 is 0 Å². The molecule has 0 fully saturated rings. The van der Waals surface area contributed by atoms with Crippen molar-refractivity contribution in [2.45, 2.75) is 25.3 Å². The molecular weight excluding hydrogens is 308 g/mol. The molecule has 7 heteroatoms. The number of carbonyl (C=O) groups excluding carboxylic acids is 2. The highest BCUT2D eigenvalue weighted by molar-refractivity contribution is 5.99. The lowest BCUT2D eigenvalue weighted by molar-refractivity contribution is -0.128. The number of aliphatic imine (C=N–C) groups is 1. The van der Waals surface area contributed by atoms with Crippen molar-refractivity contribution in [1.82, 2.24) is 9.88 Å². The first-order valence-corrected chi connectivity index (χ1v) is 7.52. The van der Waals surface area contributed by atoms with Crippen molar-refractivity contribution in [2.24, 2.45) is 10.7 Å². The number of ketones is 1. The Balaban J connectivity index is 1.88. The molecule has 2 heterocycles. The van der Waals surface area contributed by atoms with Gasteiger partial charge in [-0.1, -0.05) is 24.3 Å². The van der Waals surface area contributed by atoms with Gasteiger partial charge in [-0.15, -0.1) is 0 Å². The third-order valence-electron chi connectivity index (χ3n) is 4.21. The zero-order valence-corrected chi connectivity index (χ0v) is 13.5. The molecule has 1 atom stereocenters. The average molecular weight is 326 g/mol. The molecule has 1 amide bonds. The fourth-order valence-electron chi connectivity index (χ4n) is 2.72. The minimum Gasteiger partial charge on any atom is -0.451 e. The van der Waals surface area contributed by atoms with Crippen LogP contribution in [0.5, 0.6) is 0 Å². The van der Waals surface area contributed by atoms with Crippen LogP contribution in [0.3, 0.4) is 0 Å². The van der Waals surface area contributed by atoms with Crippen LogP contribution in [-0.4, -0.2) is 34.6 Å². The van der Waals surface area contributed by atoms with Crippen LogP contribution in [0.1, 0.15) is 35.0 Å². The Labute approximate surface area is 139 Å². The highest BCUT2D eigenvalue weighted by Crippen LogP contribution is 2.33. The largest absolute Gasteiger partial charge is 0.451 e. The second-order valence-corrected chi connectivity index (χ2v) is 6.05. The lowest BCUT2D eigenvalue weighted by atomic mass is 9.86. The van der Waals surface area contributed by atoms with Crippen molar-refractivity contribution in [3.63, 3.8) is 0 Å². The molecule has 7 nitrogen and oxygen atoms in total. The van der Waals surface area contributed by atoms with E-state index in [1.54, 1.807) is 7.05 Å². The van der Waals surface area contributed by atoms with Gasteiger partial charge in [0.05, 0.1) is 12.0 Å². The van der Waals surface area contributed by atoms with E-state index in [4.69, 9.17) is 10.2 Å².